The van der Waals surface area contributed by atoms with E-state index in [1.807, 2.05) is 30.0 Å². The number of likely N-dealkylation sites (tertiary alicyclic amines) is 1. The highest BCUT2D eigenvalue weighted by Crippen LogP contribution is 2.32. The summed E-state index contributed by atoms with van der Waals surface area (Å²) in [6, 6.07) is 23.8. The minimum Gasteiger partial charge on any atom is -0.362 e. The van der Waals surface area contributed by atoms with Gasteiger partial charge in [-0.05, 0) is 80.4 Å². The van der Waals surface area contributed by atoms with Gasteiger partial charge in [0.25, 0.3) is 11.8 Å². The fraction of sp³-hybridized carbons (Fsp3) is 0.364. The summed E-state index contributed by atoms with van der Waals surface area (Å²) in [7, 11) is 2.16. The number of rotatable bonds is 11. The van der Waals surface area contributed by atoms with Crippen LogP contribution in [0.5, 0.6) is 0 Å². The van der Waals surface area contributed by atoms with Gasteiger partial charge in [0.05, 0.1) is 28.3 Å². The van der Waals surface area contributed by atoms with E-state index < -0.39 is 0 Å². The van der Waals surface area contributed by atoms with Crippen molar-refractivity contribution in [2.75, 3.05) is 32.4 Å². The van der Waals surface area contributed by atoms with Crippen LogP contribution in [0.15, 0.2) is 77.7 Å². The minimum absolute atomic E-state index is 0.168. The van der Waals surface area contributed by atoms with Crippen LogP contribution in [-0.2, 0) is 4.74 Å². The third-order valence-corrected chi connectivity index (χ3v) is 9.06. The number of imidazole rings is 1. The molecule has 2 aliphatic rings. The molecule has 3 aromatic carbocycles. The molecule has 4 aromatic rings. The molecular formula is C33H36N4O3S. The quantitative estimate of drug-likeness (QED) is 0.130. The Balaban J connectivity index is 1.06. The average molecular weight is 569 g/mol. The van der Waals surface area contributed by atoms with Gasteiger partial charge in [0.15, 0.2) is 0 Å². The zero-order valence-electron chi connectivity index (χ0n) is 23.4. The molecule has 6 rings (SSSR count). The smallest absolute Gasteiger partial charge is 0.261 e. The normalized spacial score (nSPS) is 17.0. The fourth-order valence-corrected chi connectivity index (χ4v) is 6.64. The number of hydrogen-bond acceptors (Lipinski definition) is 6. The fourth-order valence-electron chi connectivity index (χ4n) is 5.66. The molecule has 41 heavy (non-hydrogen) atoms. The minimum atomic E-state index is -0.254. The van der Waals surface area contributed by atoms with Crippen molar-refractivity contribution in [3.8, 4) is 0 Å². The van der Waals surface area contributed by atoms with Crippen molar-refractivity contribution in [1.82, 2.24) is 19.8 Å². The lowest BCUT2D eigenvalue weighted by Crippen LogP contribution is -2.35. The lowest BCUT2D eigenvalue weighted by Gasteiger charge is -2.31. The number of fused-ring (bicyclic) bond motifs is 2. The van der Waals surface area contributed by atoms with Gasteiger partial charge in [-0.1, -0.05) is 42.8 Å². The van der Waals surface area contributed by atoms with Gasteiger partial charge in [-0.15, -0.1) is 11.8 Å². The SMILES string of the molecule is CN1CCC(OC(c2cccc(SCCCCCN3C(=O)c4ccccc4C3=O)c2)c2nc3ccccc3[nH]2)CC1. The number of imide groups is 1. The summed E-state index contributed by atoms with van der Waals surface area (Å²) in [5.74, 6) is 1.48. The Labute approximate surface area is 245 Å². The van der Waals surface area contributed by atoms with Gasteiger partial charge in [-0.25, -0.2) is 4.98 Å². The lowest BCUT2D eigenvalue weighted by molar-refractivity contribution is -0.0264. The topological polar surface area (TPSA) is 78.5 Å². The van der Waals surface area contributed by atoms with E-state index >= 15 is 0 Å². The van der Waals surface area contributed by atoms with Crippen molar-refractivity contribution < 1.29 is 14.3 Å². The van der Waals surface area contributed by atoms with Gasteiger partial charge in [-0.2, -0.15) is 0 Å². The third kappa shape index (κ3) is 6.25. The molecule has 1 atom stereocenters. The predicted molar refractivity (Wildman–Crippen MR) is 162 cm³/mol. The van der Waals surface area contributed by atoms with E-state index in [0.717, 1.165) is 73.4 Å². The van der Waals surface area contributed by atoms with Crippen molar-refractivity contribution in [2.45, 2.75) is 49.2 Å². The second kappa shape index (κ2) is 12.6. The number of carbonyl (C=O) groups excluding carboxylic acids is 2. The number of aromatic nitrogens is 2. The second-order valence-corrected chi connectivity index (χ2v) is 12.1. The van der Waals surface area contributed by atoms with E-state index in [1.54, 1.807) is 24.3 Å². The van der Waals surface area contributed by atoms with Crippen LogP contribution in [0, 0.1) is 0 Å². The second-order valence-electron chi connectivity index (χ2n) is 10.9. The maximum Gasteiger partial charge on any atom is 0.261 e. The Kier molecular flexibility index (Phi) is 8.51. The van der Waals surface area contributed by atoms with Gasteiger partial charge in [0.2, 0.25) is 0 Å². The predicted octanol–water partition coefficient (Wildman–Crippen LogP) is 6.32. The maximum atomic E-state index is 12.6. The molecule has 3 heterocycles. The molecule has 0 spiro atoms. The molecule has 2 amide bonds. The number of amides is 2. The van der Waals surface area contributed by atoms with E-state index in [-0.39, 0.29) is 24.0 Å². The molecule has 1 N–H and O–H groups in total. The van der Waals surface area contributed by atoms with E-state index in [9.17, 15) is 9.59 Å². The summed E-state index contributed by atoms with van der Waals surface area (Å²) in [4.78, 5) is 38.5. The first-order valence-electron chi connectivity index (χ1n) is 14.5. The zero-order valence-corrected chi connectivity index (χ0v) is 24.2. The molecule has 212 valence electrons. The van der Waals surface area contributed by atoms with Crippen LogP contribution in [0.3, 0.4) is 0 Å². The lowest BCUT2D eigenvalue weighted by atomic mass is 10.1. The third-order valence-electron chi connectivity index (χ3n) is 7.98. The molecule has 0 bridgehead atoms. The number of benzene rings is 3. The first-order chi connectivity index (χ1) is 20.1. The number of carbonyl (C=O) groups is 2. The van der Waals surface area contributed by atoms with E-state index in [4.69, 9.17) is 9.72 Å². The van der Waals surface area contributed by atoms with Gasteiger partial charge >= 0.3 is 0 Å². The van der Waals surface area contributed by atoms with Crippen LogP contribution in [-0.4, -0.2) is 70.1 Å². The zero-order chi connectivity index (χ0) is 28.2. The standard InChI is InChI=1S/C33H36N4O3S/c1-36-19-16-24(17-20-36)40-30(31-34-28-14-5-6-15-29(28)35-31)23-10-9-11-25(22-23)41-21-8-2-7-18-37-32(38)26-12-3-4-13-27(26)33(37)39/h3-6,9-15,22,24,30H,2,7-8,16-21H2,1H3,(H,34,35). The number of nitrogens with zero attached hydrogens (tertiary/aromatic N) is 3. The van der Waals surface area contributed by atoms with Crippen molar-refractivity contribution in [1.29, 1.82) is 0 Å². The van der Waals surface area contributed by atoms with Crippen LogP contribution < -0.4 is 0 Å². The highest BCUT2D eigenvalue weighted by Gasteiger charge is 2.34. The molecule has 2 aliphatic heterocycles. The van der Waals surface area contributed by atoms with E-state index in [0.29, 0.717) is 17.7 Å². The highest BCUT2D eigenvalue weighted by molar-refractivity contribution is 7.99. The number of hydrogen-bond donors (Lipinski definition) is 1. The largest absolute Gasteiger partial charge is 0.362 e. The number of ether oxygens (including phenoxy) is 1. The number of para-hydroxylation sites is 2. The van der Waals surface area contributed by atoms with Gasteiger partial charge in [0.1, 0.15) is 11.9 Å². The molecule has 8 heteroatoms. The van der Waals surface area contributed by atoms with Crippen molar-refractivity contribution >= 4 is 34.6 Å². The molecular weight excluding hydrogens is 532 g/mol. The summed E-state index contributed by atoms with van der Waals surface area (Å²) in [6.45, 7) is 2.56. The van der Waals surface area contributed by atoms with Gasteiger partial charge < -0.3 is 14.6 Å². The Morgan fingerprint density at radius 2 is 1.66 bits per heavy atom. The number of H-pyrrole nitrogens is 1. The number of aromatic amines is 1. The van der Waals surface area contributed by atoms with Crippen molar-refractivity contribution in [2.24, 2.45) is 0 Å². The number of piperidine rings is 1. The summed E-state index contributed by atoms with van der Waals surface area (Å²) in [6.07, 6.45) is 4.76. The number of unbranched alkanes of at least 4 members (excludes halogenated alkanes) is 2. The molecule has 1 fully saturated rings. The van der Waals surface area contributed by atoms with Crippen LogP contribution in [0.25, 0.3) is 11.0 Å². The van der Waals surface area contributed by atoms with Gasteiger partial charge in [0, 0.05) is 24.5 Å². The van der Waals surface area contributed by atoms with Crippen molar-refractivity contribution in [3.05, 3.63) is 95.3 Å². The summed E-state index contributed by atoms with van der Waals surface area (Å²) in [5, 5.41) is 0. The monoisotopic (exact) mass is 568 g/mol. The maximum absolute atomic E-state index is 12.6. The van der Waals surface area contributed by atoms with Gasteiger partial charge in [-0.3, -0.25) is 14.5 Å². The molecule has 7 nitrogen and oxygen atoms in total. The van der Waals surface area contributed by atoms with Crippen LogP contribution >= 0.6 is 11.8 Å². The summed E-state index contributed by atoms with van der Waals surface area (Å²) in [5.41, 5.74) is 4.12. The van der Waals surface area contributed by atoms with Crippen LogP contribution in [0.1, 0.15) is 70.3 Å². The summed E-state index contributed by atoms with van der Waals surface area (Å²) >= 11 is 1.83. The number of thioether (sulfide) groups is 1. The molecule has 0 saturated carbocycles. The molecule has 1 saturated heterocycles. The van der Waals surface area contributed by atoms with Crippen molar-refractivity contribution in [3.63, 3.8) is 0 Å². The van der Waals surface area contributed by atoms with E-state index in [1.165, 1.54) is 9.80 Å². The average Bonchev–Trinajstić information content (AvgIpc) is 3.53. The highest BCUT2D eigenvalue weighted by atomic mass is 32.2. The Bertz CT molecular complexity index is 1460. The first-order valence-corrected chi connectivity index (χ1v) is 15.5. The van der Waals surface area contributed by atoms with Crippen LogP contribution in [0.4, 0.5) is 0 Å². The molecule has 1 aromatic heterocycles. The summed E-state index contributed by atoms with van der Waals surface area (Å²) < 4.78 is 6.75. The molecule has 0 aliphatic carbocycles. The Morgan fingerprint density at radius 3 is 2.41 bits per heavy atom. The van der Waals surface area contributed by atoms with Crippen LogP contribution in [0.2, 0.25) is 0 Å². The Morgan fingerprint density at radius 1 is 0.927 bits per heavy atom. The first kappa shape index (κ1) is 27.7. The molecule has 1 unspecified atom stereocenters. The van der Waals surface area contributed by atoms with E-state index in [2.05, 4.69) is 47.3 Å². The molecule has 0 radical (unpaired) electrons. The number of nitrogens with one attached hydrogen (secondary N) is 1. The Hall–Kier alpha value is -3.46.